The van der Waals surface area contributed by atoms with Crippen LogP contribution < -0.4 is 9.62 Å². The third kappa shape index (κ3) is 3.82. The van der Waals surface area contributed by atoms with E-state index in [0.29, 0.717) is 24.2 Å². The highest BCUT2D eigenvalue weighted by molar-refractivity contribution is 7.93. The summed E-state index contributed by atoms with van der Waals surface area (Å²) >= 11 is 0. The van der Waals surface area contributed by atoms with E-state index in [1.807, 2.05) is 6.92 Å². The lowest BCUT2D eigenvalue weighted by atomic mass is 10.1. The van der Waals surface area contributed by atoms with Gasteiger partial charge in [0.15, 0.2) is 0 Å². The molecule has 5 nitrogen and oxygen atoms in total. The van der Waals surface area contributed by atoms with Crippen LogP contribution in [0.2, 0.25) is 0 Å². The summed E-state index contributed by atoms with van der Waals surface area (Å²) in [5.41, 5.74) is 1.81. The fraction of sp³-hybridized carbons (Fsp3) is 0.278. The smallest absolute Gasteiger partial charge is 0.251 e. The number of carbonyl (C=O) groups is 1. The zero-order valence-corrected chi connectivity index (χ0v) is 14.6. The molecule has 2 aromatic rings. The van der Waals surface area contributed by atoms with Crippen LogP contribution in [0.1, 0.15) is 35.3 Å². The first-order valence-electron chi connectivity index (χ1n) is 8.03. The van der Waals surface area contributed by atoms with Gasteiger partial charge in [-0.2, -0.15) is 0 Å². The van der Waals surface area contributed by atoms with Gasteiger partial charge in [-0.3, -0.25) is 9.10 Å². The summed E-state index contributed by atoms with van der Waals surface area (Å²) in [5.74, 6) is -0.438. The molecule has 1 aliphatic heterocycles. The van der Waals surface area contributed by atoms with E-state index in [2.05, 4.69) is 5.32 Å². The Hall–Kier alpha value is -2.41. The van der Waals surface area contributed by atoms with Crippen molar-refractivity contribution in [2.24, 2.45) is 0 Å². The van der Waals surface area contributed by atoms with Crippen molar-refractivity contribution in [2.75, 3.05) is 16.6 Å². The monoisotopic (exact) mass is 362 g/mol. The number of amides is 1. The number of halogens is 1. The Morgan fingerprint density at radius 3 is 2.32 bits per heavy atom. The van der Waals surface area contributed by atoms with Crippen LogP contribution in [0.4, 0.5) is 10.1 Å². The molecule has 1 atom stereocenters. The van der Waals surface area contributed by atoms with E-state index in [0.717, 1.165) is 5.56 Å². The molecule has 7 heteroatoms. The Labute approximate surface area is 146 Å². The second kappa shape index (κ2) is 6.84. The van der Waals surface area contributed by atoms with Crippen molar-refractivity contribution >= 4 is 21.6 Å². The van der Waals surface area contributed by atoms with E-state index in [9.17, 15) is 17.6 Å². The minimum atomic E-state index is -3.23. The Balaban J connectivity index is 1.69. The first kappa shape index (κ1) is 17.4. The van der Waals surface area contributed by atoms with Crippen molar-refractivity contribution in [3.63, 3.8) is 0 Å². The normalized spacial score (nSPS) is 17.3. The molecule has 1 aliphatic rings. The zero-order valence-electron chi connectivity index (χ0n) is 13.8. The fourth-order valence-electron chi connectivity index (χ4n) is 2.82. The topological polar surface area (TPSA) is 66.5 Å². The molecule has 3 rings (SSSR count). The molecule has 1 fully saturated rings. The van der Waals surface area contributed by atoms with Crippen molar-refractivity contribution in [3.05, 3.63) is 65.5 Å². The molecule has 1 heterocycles. The van der Waals surface area contributed by atoms with Gasteiger partial charge in [0.25, 0.3) is 5.91 Å². The number of hydrogen-bond acceptors (Lipinski definition) is 3. The van der Waals surface area contributed by atoms with Crippen molar-refractivity contribution < 1.29 is 17.6 Å². The summed E-state index contributed by atoms with van der Waals surface area (Å²) < 4.78 is 38.2. The molecule has 1 N–H and O–H groups in total. The maximum Gasteiger partial charge on any atom is 0.251 e. The van der Waals surface area contributed by atoms with Gasteiger partial charge < -0.3 is 5.32 Å². The molecule has 0 saturated carbocycles. The summed E-state index contributed by atoms with van der Waals surface area (Å²) in [4.78, 5) is 12.3. The van der Waals surface area contributed by atoms with E-state index in [-0.39, 0.29) is 23.5 Å². The number of carbonyl (C=O) groups excluding carboxylic acids is 1. The van der Waals surface area contributed by atoms with Crippen LogP contribution >= 0.6 is 0 Å². The lowest BCUT2D eigenvalue weighted by molar-refractivity contribution is 0.0940. The van der Waals surface area contributed by atoms with Crippen LogP contribution in [0.15, 0.2) is 48.5 Å². The number of nitrogens with one attached hydrogen (secondary N) is 1. The molecule has 2 aromatic carbocycles. The Kier molecular flexibility index (Phi) is 4.76. The molecule has 0 aromatic heterocycles. The number of benzene rings is 2. The predicted molar refractivity (Wildman–Crippen MR) is 94.5 cm³/mol. The minimum Gasteiger partial charge on any atom is -0.346 e. The van der Waals surface area contributed by atoms with Crippen LogP contribution in [0.25, 0.3) is 0 Å². The SMILES string of the molecule is C[C@@H](NC(=O)c1ccc(N2CCCS2(=O)=O)cc1)c1ccc(F)cc1. The maximum absolute atomic E-state index is 13.0. The number of sulfonamides is 1. The Morgan fingerprint density at radius 2 is 1.76 bits per heavy atom. The highest BCUT2D eigenvalue weighted by Gasteiger charge is 2.28. The second-order valence-electron chi connectivity index (χ2n) is 6.04. The van der Waals surface area contributed by atoms with Gasteiger partial charge in [0.1, 0.15) is 5.82 Å². The van der Waals surface area contributed by atoms with Crippen LogP contribution in [-0.4, -0.2) is 26.6 Å². The third-order valence-electron chi connectivity index (χ3n) is 4.23. The predicted octanol–water partition coefficient (Wildman–Crippen LogP) is 2.86. The lowest BCUT2D eigenvalue weighted by Gasteiger charge is -2.18. The first-order chi connectivity index (χ1) is 11.9. The van der Waals surface area contributed by atoms with E-state index < -0.39 is 10.0 Å². The molecular weight excluding hydrogens is 343 g/mol. The highest BCUT2D eigenvalue weighted by atomic mass is 32.2. The van der Waals surface area contributed by atoms with E-state index in [1.165, 1.54) is 16.4 Å². The van der Waals surface area contributed by atoms with Gasteiger partial charge in [0, 0.05) is 12.1 Å². The Morgan fingerprint density at radius 1 is 1.12 bits per heavy atom. The molecule has 132 valence electrons. The number of anilines is 1. The molecular formula is C18H19FN2O3S. The first-order valence-corrected chi connectivity index (χ1v) is 9.64. The third-order valence-corrected chi connectivity index (χ3v) is 6.10. The zero-order chi connectivity index (χ0) is 18.0. The molecule has 0 unspecified atom stereocenters. The quantitative estimate of drug-likeness (QED) is 0.909. The van der Waals surface area contributed by atoms with Crippen LogP contribution in [0, 0.1) is 5.82 Å². The summed E-state index contributed by atoms with van der Waals surface area (Å²) in [6, 6.07) is 12.2. The summed E-state index contributed by atoms with van der Waals surface area (Å²) in [6.07, 6.45) is 0.611. The fourth-order valence-corrected chi connectivity index (χ4v) is 4.39. The Bertz CT molecular complexity index is 864. The largest absolute Gasteiger partial charge is 0.346 e. The summed E-state index contributed by atoms with van der Waals surface area (Å²) in [5, 5.41) is 2.84. The molecule has 0 spiro atoms. The standard InChI is InChI=1S/C18H19FN2O3S/c1-13(14-3-7-16(19)8-4-14)20-18(22)15-5-9-17(10-6-15)21-11-2-12-25(21,23)24/h3-10,13H,2,11-12H2,1H3,(H,20,22)/t13-/m1/s1. The molecule has 25 heavy (non-hydrogen) atoms. The number of nitrogens with zero attached hydrogens (tertiary/aromatic N) is 1. The maximum atomic E-state index is 13.0. The van der Waals surface area contributed by atoms with Crippen molar-refractivity contribution in [1.82, 2.24) is 5.32 Å². The van der Waals surface area contributed by atoms with Crippen LogP contribution in [-0.2, 0) is 10.0 Å². The molecule has 0 aliphatic carbocycles. The molecule has 0 radical (unpaired) electrons. The van der Waals surface area contributed by atoms with Gasteiger partial charge in [-0.15, -0.1) is 0 Å². The van der Waals surface area contributed by atoms with Crippen molar-refractivity contribution in [1.29, 1.82) is 0 Å². The summed E-state index contributed by atoms with van der Waals surface area (Å²) in [7, 11) is -3.23. The molecule has 1 amide bonds. The second-order valence-corrected chi connectivity index (χ2v) is 8.05. The van der Waals surface area contributed by atoms with Crippen LogP contribution in [0.5, 0.6) is 0 Å². The molecule has 0 bridgehead atoms. The highest BCUT2D eigenvalue weighted by Crippen LogP contribution is 2.24. The van der Waals surface area contributed by atoms with Gasteiger partial charge in [0.2, 0.25) is 10.0 Å². The van der Waals surface area contributed by atoms with Crippen molar-refractivity contribution in [2.45, 2.75) is 19.4 Å². The van der Waals surface area contributed by atoms with Gasteiger partial charge in [0.05, 0.1) is 17.5 Å². The summed E-state index contributed by atoms with van der Waals surface area (Å²) in [6.45, 7) is 2.28. The van der Waals surface area contributed by atoms with E-state index in [4.69, 9.17) is 0 Å². The van der Waals surface area contributed by atoms with Gasteiger partial charge in [-0.25, -0.2) is 12.8 Å². The van der Waals surface area contributed by atoms with Crippen LogP contribution in [0.3, 0.4) is 0 Å². The minimum absolute atomic E-state index is 0.157. The van der Waals surface area contributed by atoms with Gasteiger partial charge >= 0.3 is 0 Å². The molecule has 1 saturated heterocycles. The van der Waals surface area contributed by atoms with E-state index in [1.54, 1.807) is 36.4 Å². The van der Waals surface area contributed by atoms with E-state index >= 15 is 0 Å². The van der Waals surface area contributed by atoms with Gasteiger partial charge in [-0.05, 0) is 55.3 Å². The number of rotatable bonds is 4. The average molecular weight is 362 g/mol. The number of hydrogen-bond donors (Lipinski definition) is 1. The van der Waals surface area contributed by atoms with Crippen molar-refractivity contribution in [3.8, 4) is 0 Å². The average Bonchev–Trinajstić information content (AvgIpc) is 2.94. The van der Waals surface area contributed by atoms with Gasteiger partial charge in [-0.1, -0.05) is 12.1 Å². The lowest BCUT2D eigenvalue weighted by Crippen LogP contribution is -2.27.